The maximum absolute atomic E-state index is 13.5. The Labute approximate surface area is 638 Å². The summed E-state index contributed by atoms with van der Waals surface area (Å²) in [6, 6.07) is 11.5. The van der Waals surface area contributed by atoms with Crippen LogP contribution in [0.15, 0.2) is 73.1 Å². The van der Waals surface area contributed by atoms with Crippen LogP contribution < -0.4 is 57.3 Å². The van der Waals surface area contributed by atoms with Gasteiger partial charge in [0.25, 0.3) is 11.8 Å². The number of methoxy groups -OCH3 is 1. The number of imide groups is 1. The molecule has 0 saturated carbocycles. The summed E-state index contributed by atoms with van der Waals surface area (Å²) in [6.45, 7) is 5.13. The van der Waals surface area contributed by atoms with Crippen LogP contribution in [0.2, 0.25) is 0 Å². The van der Waals surface area contributed by atoms with Crippen LogP contribution in [0, 0.1) is 0 Å². The molecule has 610 valence electrons. The Hall–Kier alpha value is -9.08. The SMILES string of the molecule is COc1ccc(NC(=O)NCCCCc2cn(CCCCC(=O)NCCCC[C@H](NC(=O)CCCNC(=O)CCCCn3cc(CCCCNC(=O)Nc4ccc(O[C@H]5O[C@H](CCP(=O)(O)O)[C@@H](O)[C@H](O)[C@@H]5O)cc4)nn3)C(=O)NCCOCCOCCOCCOCCC(=O)NCCN3C(=O)C=CC3=O)nn2)cc1. The standard InChI is InChI=1S/C71H109N16O22P/c1-103-55-23-19-51(20-24-55)78-70(98)76-32-7-2-13-53-49-85(83-81-53)37-10-5-16-59(88)72-31-9-4-15-57(68(97)75-36-41-105-43-45-107-47-46-106-44-42-104-40-29-61(90)74-35-39-87-63(92)27-28-64(87)93)80-62(91)18-12-34-73-60(89)17-6-11-38-86-50-54(82-84-86)14-3-8-33-77-71(99)79-52-21-25-56(26-22-52)108-69-67(96)66(95)65(94)58(109-69)30-48-110(100,101)102/h19-28,49-50,57-58,65-67,69,94-96H,2-18,29-48H2,1H3,(H,72,88)(H,73,89)(H,74,90)(H,75,97)(H,80,91)(H2,76,78,98)(H2,77,79,99)(H2,100,101,102)/t57-,58+,65+,66-,67-,69-/m0/s1. The molecule has 0 bridgehead atoms. The van der Waals surface area contributed by atoms with Crippen LogP contribution in [0.5, 0.6) is 11.5 Å². The van der Waals surface area contributed by atoms with Crippen LogP contribution in [0.3, 0.4) is 0 Å². The van der Waals surface area contributed by atoms with Crippen molar-refractivity contribution < 1.29 is 106 Å². The minimum Gasteiger partial charge on any atom is -0.497 e. The van der Waals surface area contributed by atoms with E-state index in [2.05, 4.69) is 68.5 Å². The largest absolute Gasteiger partial charge is 0.497 e. The average molecular weight is 1570 g/mol. The Morgan fingerprint density at radius 3 is 1.54 bits per heavy atom. The third kappa shape index (κ3) is 37.6. The van der Waals surface area contributed by atoms with Gasteiger partial charge >= 0.3 is 19.7 Å². The zero-order valence-electron chi connectivity index (χ0n) is 62.3. The van der Waals surface area contributed by atoms with Crippen LogP contribution >= 0.6 is 7.60 Å². The zero-order valence-corrected chi connectivity index (χ0v) is 63.2. The lowest BCUT2D eigenvalue weighted by Gasteiger charge is -2.40. The van der Waals surface area contributed by atoms with Gasteiger partial charge in [-0.1, -0.05) is 10.4 Å². The predicted octanol–water partition coefficient (Wildman–Crippen LogP) is 1.24. The number of nitrogens with one attached hydrogen (secondary N) is 9. The van der Waals surface area contributed by atoms with E-state index in [1.807, 2.05) is 12.4 Å². The molecular formula is C71H109N16O22P. The van der Waals surface area contributed by atoms with E-state index in [4.69, 9.17) is 33.2 Å². The first-order chi connectivity index (χ1) is 53.1. The van der Waals surface area contributed by atoms with Crippen LogP contribution in [-0.4, -0.2) is 262 Å². The van der Waals surface area contributed by atoms with E-state index >= 15 is 0 Å². The summed E-state index contributed by atoms with van der Waals surface area (Å²) in [7, 11) is -2.84. The summed E-state index contributed by atoms with van der Waals surface area (Å²) < 4.78 is 53.2. The van der Waals surface area contributed by atoms with E-state index in [-0.39, 0.29) is 127 Å². The van der Waals surface area contributed by atoms with Crippen molar-refractivity contribution in [2.45, 2.75) is 172 Å². The molecule has 2 aromatic carbocycles. The van der Waals surface area contributed by atoms with Gasteiger partial charge < -0.3 is 106 Å². The summed E-state index contributed by atoms with van der Waals surface area (Å²) in [5, 5.41) is 73.1. The van der Waals surface area contributed by atoms with E-state index in [9.17, 15) is 72.8 Å². The fourth-order valence-corrected chi connectivity index (χ4v) is 11.7. The number of rotatable bonds is 57. The molecule has 6 atom stereocenters. The van der Waals surface area contributed by atoms with E-state index in [1.54, 1.807) is 40.7 Å². The molecule has 6 rings (SSSR count). The fourth-order valence-electron chi connectivity index (χ4n) is 11.1. The molecule has 4 aromatic rings. The highest BCUT2D eigenvalue weighted by atomic mass is 31.2. The number of aromatic nitrogens is 6. The number of ether oxygens (including phenoxy) is 7. The van der Waals surface area contributed by atoms with Crippen LogP contribution in [0.4, 0.5) is 21.0 Å². The first-order valence-corrected chi connectivity index (χ1v) is 39.2. The summed E-state index contributed by atoms with van der Waals surface area (Å²) in [6.07, 6.45) is 7.00. The molecule has 1 saturated heterocycles. The normalized spacial score (nSPS) is 16.4. The van der Waals surface area contributed by atoms with Gasteiger partial charge in [0, 0.05) is 121 Å². The first kappa shape index (κ1) is 89.8. The number of hydrogen-bond acceptors (Lipinski definition) is 24. The fraction of sp³-hybridized carbons (Fsp3) is 0.620. The summed E-state index contributed by atoms with van der Waals surface area (Å²) in [5.41, 5.74) is 2.71. The number of hydrogen-bond donors (Lipinski definition) is 14. The Morgan fingerprint density at radius 1 is 0.509 bits per heavy atom. The van der Waals surface area contributed by atoms with Crippen LogP contribution in [-0.2, 0) is 87.7 Å². The van der Waals surface area contributed by atoms with Gasteiger partial charge in [-0.2, -0.15) is 0 Å². The minimum atomic E-state index is -4.42. The molecular weight excluding hydrogens is 1460 g/mol. The molecule has 38 nitrogen and oxygen atoms in total. The number of carbonyl (C=O) groups excluding carboxylic acids is 9. The van der Waals surface area contributed by atoms with E-state index in [0.29, 0.717) is 140 Å². The highest BCUT2D eigenvalue weighted by Gasteiger charge is 2.45. The average Bonchev–Trinajstić information content (AvgIpc) is 0.988. The summed E-state index contributed by atoms with van der Waals surface area (Å²) in [4.78, 5) is 132. The van der Waals surface area contributed by atoms with Crippen molar-refractivity contribution in [2.24, 2.45) is 0 Å². The number of benzene rings is 2. The van der Waals surface area contributed by atoms with Crippen molar-refractivity contribution in [3.8, 4) is 11.5 Å². The number of urea groups is 2. The van der Waals surface area contributed by atoms with Gasteiger partial charge in [0.05, 0.1) is 83.6 Å². The van der Waals surface area contributed by atoms with Crippen molar-refractivity contribution in [2.75, 3.05) is 123 Å². The number of anilines is 2. The van der Waals surface area contributed by atoms with Crippen LogP contribution in [0.25, 0.3) is 0 Å². The predicted molar refractivity (Wildman–Crippen MR) is 397 cm³/mol. The topological polar surface area (TPSA) is 509 Å². The molecule has 0 unspecified atom stereocenters. The van der Waals surface area contributed by atoms with Crippen molar-refractivity contribution in [3.05, 3.63) is 84.5 Å². The monoisotopic (exact) mass is 1570 g/mol. The second-order valence-corrected chi connectivity index (χ2v) is 27.8. The molecule has 2 aliphatic rings. The molecule has 11 amide bonds. The molecule has 39 heteroatoms. The highest BCUT2D eigenvalue weighted by Crippen LogP contribution is 2.37. The van der Waals surface area contributed by atoms with Crippen molar-refractivity contribution in [1.82, 2.24) is 72.1 Å². The van der Waals surface area contributed by atoms with Crippen molar-refractivity contribution >= 4 is 72.4 Å². The summed E-state index contributed by atoms with van der Waals surface area (Å²) in [5.74, 6) is -1.20. The summed E-state index contributed by atoms with van der Waals surface area (Å²) >= 11 is 0. The maximum atomic E-state index is 13.5. The number of aliphatic hydroxyl groups is 3. The van der Waals surface area contributed by atoms with E-state index < -0.39 is 74.3 Å². The lowest BCUT2D eigenvalue weighted by atomic mass is 9.97. The second-order valence-electron chi connectivity index (χ2n) is 26.0. The van der Waals surface area contributed by atoms with Crippen molar-refractivity contribution in [3.63, 3.8) is 0 Å². The molecule has 2 aliphatic heterocycles. The smallest absolute Gasteiger partial charge is 0.325 e. The van der Waals surface area contributed by atoms with Gasteiger partial charge in [-0.3, -0.25) is 52.4 Å². The molecule has 0 spiro atoms. The lowest BCUT2D eigenvalue weighted by molar-refractivity contribution is -0.272. The molecule has 0 radical (unpaired) electrons. The van der Waals surface area contributed by atoms with Gasteiger partial charge in [0.15, 0.2) is 0 Å². The van der Waals surface area contributed by atoms with Gasteiger partial charge in [-0.15, -0.1) is 10.2 Å². The number of amides is 11. The molecule has 2 aromatic heterocycles. The highest BCUT2D eigenvalue weighted by molar-refractivity contribution is 7.51. The van der Waals surface area contributed by atoms with Crippen molar-refractivity contribution in [1.29, 1.82) is 0 Å². The minimum absolute atomic E-state index is 0.0600. The van der Waals surface area contributed by atoms with Gasteiger partial charge in [-0.25, -0.2) is 9.59 Å². The number of aliphatic hydroxyl groups excluding tert-OH is 3. The van der Waals surface area contributed by atoms with E-state index in [0.717, 1.165) is 35.6 Å². The number of nitrogens with zero attached hydrogens (tertiary/aromatic N) is 7. The molecule has 14 N–H and O–H groups in total. The second kappa shape index (κ2) is 51.4. The third-order valence-electron chi connectivity index (χ3n) is 17.1. The Kier molecular flexibility index (Phi) is 42.0. The molecule has 110 heavy (non-hydrogen) atoms. The number of unbranched alkanes of at least 4 members (excludes halogenated alkanes) is 5. The molecule has 4 heterocycles. The Morgan fingerprint density at radius 2 is 0.991 bits per heavy atom. The number of aryl methyl sites for hydroxylation is 4. The third-order valence-corrected chi connectivity index (χ3v) is 18.0. The number of carbonyl (C=O) groups is 9. The van der Waals surface area contributed by atoms with Gasteiger partial charge in [0.1, 0.15) is 35.9 Å². The first-order valence-electron chi connectivity index (χ1n) is 37.4. The Balaban J connectivity index is 0.790. The Bertz CT molecular complexity index is 3490. The quantitative estimate of drug-likeness (QED) is 0.0168. The van der Waals surface area contributed by atoms with Gasteiger partial charge in [-0.05, 0) is 145 Å². The van der Waals surface area contributed by atoms with Gasteiger partial charge in [0.2, 0.25) is 35.8 Å². The zero-order chi connectivity index (χ0) is 79.1. The molecule has 1 fully saturated rings. The maximum Gasteiger partial charge on any atom is 0.325 e. The van der Waals surface area contributed by atoms with E-state index in [1.165, 1.54) is 36.4 Å². The van der Waals surface area contributed by atoms with Crippen LogP contribution in [0.1, 0.15) is 121 Å². The lowest BCUT2D eigenvalue weighted by Crippen LogP contribution is -2.59. The molecule has 0 aliphatic carbocycles.